The molecule has 1 aliphatic rings. The van der Waals surface area contributed by atoms with Gasteiger partial charge in [0.05, 0.1) is 4.90 Å². The molecular weight excluding hydrogens is 320 g/mol. The lowest BCUT2D eigenvalue weighted by atomic mass is 10.1. The van der Waals surface area contributed by atoms with Crippen molar-refractivity contribution in [3.63, 3.8) is 0 Å². The van der Waals surface area contributed by atoms with Gasteiger partial charge in [0.25, 0.3) is 0 Å². The molecule has 0 N–H and O–H groups in total. The van der Waals surface area contributed by atoms with Crippen LogP contribution in [0.5, 0.6) is 0 Å². The van der Waals surface area contributed by atoms with Gasteiger partial charge in [-0.25, -0.2) is 8.42 Å². The van der Waals surface area contributed by atoms with Crippen molar-refractivity contribution in [1.29, 1.82) is 0 Å². The van der Waals surface area contributed by atoms with Crippen molar-refractivity contribution in [3.8, 4) is 0 Å². The second kappa shape index (κ2) is 6.57. The van der Waals surface area contributed by atoms with Crippen molar-refractivity contribution in [3.05, 3.63) is 60.2 Å². The minimum absolute atomic E-state index is 0.122. The molecule has 5 heteroatoms. The second-order valence-electron chi connectivity index (χ2n) is 6.58. The van der Waals surface area contributed by atoms with Gasteiger partial charge in [0.2, 0.25) is 10.0 Å². The third-order valence-corrected chi connectivity index (χ3v) is 6.44. The molecular formula is C19H24N2O2S. The monoisotopic (exact) mass is 344 g/mol. The molecule has 128 valence electrons. The normalized spacial score (nSPS) is 22.5. The van der Waals surface area contributed by atoms with Crippen LogP contribution >= 0.6 is 0 Å². The number of rotatable bonds is 3. The highest BCUT2D eigenvalue weighted by Gasteiger charge is 2.36. The molecule has 0 radical (unpaired) electrons. The Balaban J connectivity index is 1.84. The lowest BCUT2D eigenvalue weighted by Crippen LogP contribution is -2.58. The molecule has 1 heterocycles. The van der Waals surface area contributed by atoms with Gasteiger partial charge in [-0.1, -0.05) is 35.9 Å². The Morgan fingerprint density at radius 1 is 0.875 bits per heavy atom. The molecule has 0 spiro atoms. The summed E-state index contributed by atoms with van der Waals surface area (Å²) in [7, 11) is -3.44. The quantitative estimate of drug-likeness (QED) is 0.858. The smallest absolute Gasteiger partial charge is 0.243 e. The van der Waals surface area contributed by atoms with E-state index in [2.05, 4.69) is 30.9 Å². The molecule has 2 atom stereocenters. The topological polar surface area (TPSA) is 40.6 Å². The number of anilines is 1. The maximum Gasteiger partial charge on any atom is 0.243 e. The van der Waals surface area contributed by atoms with Crippen LogP contribution in [-0.4, -0.2) is 37.9 Å². The predicted molar refractivity (Wildman–Crippen MR) is 97.8 cm³/mol. The van der Waals surface area contributed by atoms with Crippen molar-refractivity contribution in [2.45, 2.75) is 37.8 Å². The highest BCUT2D eigenvalue weighted by atomic mass is 32.2. The van der Waals surface area contributed by atoms with Gasteiger partial charge in [-0.15, -0.1) is 0 Å². The molecule has 1 aliphatic heterocycles. The maximum absolute atomic E-state index is 12.9. The van der Waals surface area contributed by atoms with Crippen LogP contribution < -0.4 is 4.90 Å². The van der Waals surface area contributed by atoms with Crippen molar-refractivity contribution in [2.75, 3.05) is 18.0 Å². The van der Waals surface area contributed by atoms with E-state index in [9.17, 15) is 8.42 Å². The standard InChI is InChI=1S/C19H24N2O2S/c1-15-9-11-19(12-10-15)24(22,23)20-13-16(2)21(17(3)14-20)18-7-5-4-6-8-18/h4-12,16-17H,13-14H2,1-3H3. The molecule has 0 saturated carbocycles. The molecule has 0 aliphatic carbocycles. The van der Waals surface area contributed by atoms with Crippen LogP contribution in [0.4, 0.5) is 5.69 Å². The van der Waals surface area contributed by atoms with Gasteiger partial charge in [0, 0.05) is 30.9 Å². The highest BCUT2D eigenvalue weighted by Crippen LogP contribution is 2.27. The van der Waals surface area contributed by atoms with Gasteiger partial charge >= 0.3 is 0 Å². The molecule has 2 aromatic carbocycles. The first kappa shape index (κ1) is 17.0. The number of para-hydroxylation sites is 1. The fourth-order valence-corrected chi connectivity index (χ4v) is 5.04. The van der Waals surface area contributed by atoms with Crippen molar-refractivity contribution < 1.29 is 8.42 Å². The van der Waals surface area contributed by atoms with Gasteiger partial charge in [-0.05, 0) is 45.0 Å². The van der Waals surface area contributed by atoms with E-state index < -0.39 is 10.0 Å². The Bertz CT molecular complexity index is 776. The molecule has 4 nitrogen and oxygen atoms in total. The zero-order valence-corrected chi connectivity index (χ0v) is 15.2. The Kier molecular flexibility index (Phi) is 4.65. The van der Waals surface area contributed by atoms with Crippen LogP contribution in [0, 0.1) is 6.92 Å². The minimum Gasteiger partial charge on any atom is -0.363 e. The van der Waals surface area contributed by atoms with E-state index in [1.54, 1.807) is 16.4 Å². The van der Waals surface area contributed by atoms with Crippen LogP contribution in [0.2, 0.25) is 0 Å². The molecule has 2 aromatic rings. The lowest BCUT2D eigenvalue weighted by Gasteiger charge is -2.45. The first-order chi connectivity index (χ1) is 11.4. The highest BCUT2D eigenvalue weighted by molar-refractivity contribution is 7.89. The number of hydrogen-bond donors (Lipinski definition) is 0. The summed E-state index contributed by atoms with van der Waals surface area (Å²) in [6, 6.07) is 17.5. The first-order valence-electron chi connectivity index (χ1n) is 8.30. The first-order valence-corrected chi connectivity index (χ1v) is 9.74. The summed E-state index contributed by atoms with van der Waals surface area (Å²) in [6.07, 6.45) is 0. The fourth-order valence-electron chi connectivity index (χ4n) is 3.44. The molecule has 1 saturated heterocycles. The fraction of sp³-hybridized carbons (Fsp3) is 0.368. The zero-order valence-electron chi connectivity index (χ0n) is 14.4. The van der Waals surface area contributed by atoms with Crippen LogP contribution in [-0.2, 0) is 10.0 Å². The Labute approximate surface area is 144 Å². The summed E-state index contributed by atoms with van der Waals surface area (Å²) in [5.74, 6) is 0. The average molecular weight is 344 g/mol. The number of sulfonamides is 1. The maximum atomic E-state index is 12.9. The zero-order chi connectivity index (χ0) is 17.3. The van der Waals surface area contributed by atoms with Crippen LogP contribution in [0.25, 0.3) is 0 Å². The Morgan fingerprint density at radius 3 is 1.96 bits per heavy atom. The van der Waals surface area contributed by atoms with Gasteiger partial charge < -0.3 is 4.90 Å². The number of piperazine rings is 1. The SMILES string of the molecule is Cc1ccc(S(=O)(=O)N2CC(C)N(c3ccccc3)C(C)C2)cc1. The summed E-state index contributed by atoms with van der Waals surface area (Å²) in [5, 5.41) is 0. The van der Waals surface area contributed by atoms with E-state index in [4.69, 9.17) is 0 Å². The molecule has 0 amide bonds. The summed E-state index contributed by atoms with van der Waals surface area (Å²) in [4.78, 5) is 2.68. The number of nitrogens with zero attached hydrogens (tertiary/aromatic N) is 2. The van der Waals surface area contributed by atoms with E-state index in [1.165, 1.54) is 0 Å². The van der Waals surface area contributed by atoms with Crippen molar-refractivity contribution in [1.82, 2.24) is 4.31 Å². The third kappa shape index (κ3) is 3.19. The van der Waals surface area contributed by atoms with Crippen LogP contribution in [0.3, 0.4) is 0 Å². The van der Waals surface area contributed by atoms with E-state index >= 15 is 0 Å². The van der Waals surface area contributed by atoms with E-state index in [0.717, 1.165) is 11.3 Å². The van der Waals surface area contributed by atoms with E-state index in [0.29, 0.717) is 18.0 Å². The number of aryl methyl sites for hydroxylation is 1. The second-order valence-corrected chi connectivity index (χ2v) is 8.51. The summed E-state index contributed by atoms with van der Waals surface area (Å²) >= 11 is 0. The summed E-state index contributed by atoms with van der Waals surface area (Å²) in [6.45, 7) is 7.12. The van der Waals surface area contributed by atoms with Crippen molar-refractivity contribution in [2.24, 2.45) is 0 Å². The van der Waals surface area contributed by atoms with Gasteiger partial charge in [-0.2, -0.15) is 4.31 Å². The Morgan fingerprint density at radius 2 is 1.42 bits per heavy atom. The average Bonchev–Trinajstić information content (AvgIpc) is 2.55. The van der Waals surface area contributed by atoms with Gasteiger partial charge in [-0.3, -0.25) is 0 Å². The largest absolute Gasteiger partial charge is 0.363 e. The molecule has 3 rings (SSSR count). The minimum atomic E-state index is -3.44. The van der Waals surface area contributed by atoms with E-state index in [1.807, 2.05) is 37.3 Å². The number of benzene rings is 2. The molecule has 24 heavy (non-hydrogen) atoms. The Hall–Kier alpha value is -1.85. The van der Waals surface area contributed by atoms with Gasteiger partial charge in [0.15, 0.2) is 0 Å². The summed E-state index contributed by atoms with van der Waals surface area (Å²) in [5.41, 5.74) is 2.20. The van der Waals surface area contributed by atoms with E-state index in [-0.39, 0.29) is 12.1 Å². The van der Waals surface area contributed by atoms with Crippen LogP contribution in [0.1, 0.15) is 19.4 Å². The molecule has 2 unspecified atom stereocenters. The van der Waals surface area contributed by atoms with Crippen LogP contribution in [0.15, 0.2) is 59.5 Å². The van der Waals surface area contributed by atoms with Gasteiger partial charge in [0.1, 0.15) is 0 Å². The number of hydrogen-bond acceptors (Lipinski definition) is 3. The molecule has 1 fully saturated rings. The summed E-state index contributed by atoms with van der Waals surface area (Å²) < 4.78 is 27.5. The lowest BCUT2D eigenvalue weighted by molar-refractivity contribution is 0.301. The third-order valence-electron chi connectivity index (χ3n) is 4.60. The van der Waals surface area contributed by atoms with Crippen molar-refractivity contribution >= 4 is 15.7 Å². The molecule has 0 bridgehead atoms. The molecule has 0 aromatic heterocycles. The predicted octanol–water partition coefficient (Wildman–Crippen LogP) is 3.28.